The van der Waals surface area contributed by atoms with E-state index in [2.05, 4.69) is 16.0 Å². The fraction of sp³-hybridized carbons (Fsp3) is 0.579. The van der Waals surface area contributed by atoms with Gasteiger partial charge in [0.25, 0.3) is 0 Å². The summed E-state index contributed by atoms with van der Waals surface area (Å²) >= 11 is 0. The number of amides is 3. The third-order valence-electron chi connectivity index (χ3n) is 5.02. The molecule has 2 fully saturated rings. The van der Waals surface area contributed by atoms with Gasteiger partial charge in [0, 0.05) is 24.8 Å². The van der Waals surface area contributed by atoms with Gasteiger partial charge in [0.15, 0.2) is 0 Å². The van der Waals surface area contributed by atoms with Crippen molar-refractivity contribution >= 4 is 27.6 Å². The van der Waals surface area contributed by atoms with E-state index >= 15 is 0 Å². The zero-order chi connectivity index (χ0) is 21.0. The van der Waals surface area contributed by atoms with Crippen LogP contribution in [0, 0.1) is 0 Å². The maximum absolute atomic E-state index is 13.1. The van der Waals surface area contributed by atoms with Crippen molar-refractivity contribution in [1.29, 1.82) is 0 Å². The minimum absolute atomic E-state index is 0.0611. The van der Waals surface area contributed by atoms with Crippen LogP contribution in [0.3, 0.4) is 0 Å². The maximum atomic E-state index is 13.1. The largest absolute Gasteiger partial charge is 0.495 e. The fourth-order valence-corrected chi connectivity index (χ4v) is 4.90. The molecule has 160 valence electrons. The van der Waals surface area contributed by atoms with E-state index in [1.807, 2.05) is 0 Å². The molecule has 1 atom stereocenters. The Morgan fingerprint density at radius 1 is 1.17 bits per heavy atom. The van der Waals surface area contributed by atoms with Gasteiger partial charge in [-0.25, -0.2) is 13.2 Å². The lowest BCUT2D eigenvalue weighted by atomic mass is 10.2. The minimum atomic E-state index is -3.71. The van der Waals surface area contributed by atoms with Gasteiger partial charge in [0.1, 0.15) is 16.7 Å². The molecule has 1 aromatic rings. The van der Waals surface area contributed by atoms with Gasteiger partial charge < -0.3 is 15.4 Å². The number of ether oxygens (including phenoxy) is 1. The van der Waals surface area contributed by atoms with Gasteiger partial charge in [-0.1, -0.05) is 6.42 Å². The standard InChI is InChI=1S/C19H28N4O5S/c1-13(18(24)22-19(25)21-14-6-7-14)20-15-8-9-16(28-2)17(12-15)29(26,27)23-10-4-3-5-11-23/h8-9,12-14,20H,3-7,10-11H2,1-2H3,(H2,21,22,24,25). The van der Waals surface area contributed by atoms with E-state index in [0.717, 1.165) is 32.1 Å². The Bertz CT molecular complexity index is 863. The number of imide groups is 1. The second-order valence-corrected chi connectivity index (χ2v) is 9.34. The van der Waals surface area contributed by atoms with Crippen LogP contribution >= 0.6 is 0 Å². The molecule has 1 aliphatic carbocycles. The molecule has 1 aliphatic heterocycles. The molecule has 1 saturated carbocycles. The second-order valence-electron chi connectivity index (χ2n) is 7.43. The van der Waals surface area contributed by atoms with Crippen molar-refractivity contribution in [1.82, 2.24) is 14.9 Å². The first kappa shape index (κ1) is 21.4. The number of rotatable bonds is 7. The molecule has 3 N–H and O–H groups in total. The first-order chi connectivity index (χ1) is 13.8. The lowest BCUT2D eigenvalue weighted by molar-refractivity contribution is -0.120. The van der Waals surface area contributed by atoms with Crippen molar-refractivity contribution in [3.8, 4) is 5.75 Å². The zero-order valence-corrected chi connectivity index (χ0v) is 17.5. The van der Waals surface area contributed by atoms with E-state index in [1.54, 1.807) is 19.1 Å². The Morgan fingerprint density at radius 3 is 2.48 bits per heavy atom. The molecule has 1 unspecified atom stereocenters. The van der Waals surface area contributed by atoms with Crippen molar-refractivity contribution in [2.24, 2.45) is 0 Å². The van der Waals surface area contributed by atoms with E-state index in [9.17, 15) is 18.0 Å². The summed E-state index contributed by atoms with van der Waals surface area (Å²) in [7, 11) is -2.28. The number of sulfonamides is 1. The van der Waals surface area contributed by atoms with Crippen molar-refractivity contribution in [3.05, 3.63) is 18.2 Å². The van der Waals surface area contributed by atoms with Crippen LogP contribution in [0.4, 0.5) is 10.5 Å². The molecular weight excluding hydrogens is 396 g/mol. The van der Waals surface area contributed by atoms with Gasteiger partial charge in [0.05, 0.1) is 7.11 Å². The van der Waals surface area contributed by atoms with Gasteiger partial charge in [-0.2, -0.15) is 4.31 Å². The van der Waals surface area contributed by atoms with Crippen molar-refractivity contribution in [3.63, 3.8) is 0 Å². The van der Waals surface area contributed by atoms with E-state index in [4.69, 9.17) is 4.74 Å². The average molecular weight is 425 g/mol. The van der Waals surface area contributed by atoms with Crippen LogP contribution in [0.2, 0.25) is 0 Å². The Kier molecular flexibility index (Phi) is 6.63. The first-order valence-corrected chi connectivity index (χ1v) is 11.3. The molecule has 2 aliphatic rings. The number of carbonyl (C=O) groups excluding carboxylic acids is 2. The quantitative estimate of drug-likeness (QED) is 0.613. The SMILES string of the molecule is COc1ccc(NC(C)C(=O)NC(=O)NC2CC2)cc1S(=O)(=O)N1CCCCC1. The molecule has 0 bridgehead atoms. The van der Waals surface area contributed by atoms with E-state index in [0.29, 0.717) is 18.8 Å². The molecule has 1 saturated heterocycles. The number of urea groups is 1. The number of benzene rings is 1. The molecule has 29 heavy (non-hydrogen) atoms. The van der Waals surface area contributed by atoms with Gasteiger partial charge in [-0.3, -0.25) is 10.1 Å². The summed E-state index contributed by atoms with van der Waals surface area (Å²) in [5.41, 5.74) is 0.451. The predicted molar refractivity (Wildman–Crippen MR) is 108 cm³/mol. The van der Waals surface area contributed by atoms with E-state index < -0.39 is 28.0 Å². The number of nitrogens with zero attached hydrogens (tertiary/aromatic N) is 1. The maximum Gasteiger partial charge on any atom is 0.321 e. The van der Waals surface area contributed by atoms with E-state index in [1.165, 1.54) is 17.5 Å². The second kappa shape index (κ2) is 9.00. The monoisotopic (exact) mass is 424 g/mol. The number of methoxy groups -OCH3 is 1. The van der Waals surface area contributed by atoms with Gasteiger partial charge in [0.2, 0.25) is 15.9 Å². The van der Waals surface area contributed by atoms with Crippen LogP contribution in [0.25, 0.3) is 0 Å². The van der Waals surface area contributed by atoms with Crippen molar-refractivity contribution in [2.45, 2.75) is 56.0 Å². The van der Waals surface area contributed by atoms with Crippen LogP contribution in [0.1, 0.15) is 39.0 Å². The molecule has 3 rings (SSSR count). The van der Waals surface area contributed by atoms with Crippen LogP contribution < -0.4 is 20.7 Å². The van der Waals surface area contributed by atoms with Crippen LogP contribution in [-0.4, -0.2) is 56.9 Å². The number of hydrogen-bond acceptors (Lipinski definition) is 6. The third-order valence-corrected chi connectivity index (χ3v) is 6.94. The highest BCUT2D eigenvalue weighted by Crippen LogP contribution is 2.31. The highest BCUT2D eigenvalue weighted by molar-refractivity contribution is 7.89. The molecule has 10 heteroatoms. The Balaban J connectivity index is 1.71. The summed E-state index contributed by atoms with van der Waals surface area (Å²) in [4.78, 5) is 24.0. The highest BCUT2D eigenvalue weighted by Gasteiger charge is 2.30. The summed E-state index contributed by atoms with van der Waals surface area (Å²) in [5.74, 6) is -0.249. The molecule has 1 aromatic carbocycles. The predicted octanol–water partition coefficient (Wildman–Crippen LogP) is 1.66. The normalized spacial score (nSPS) is 18.6. The van der Waals surface area contributed by atoms with Crippen LogP contribution in [-0.2, 0) is 14.8 Å². The number of nitrogens with one attached hydrogen (secondary N) is 3. The first-order valence-electron chi connectivity index (χ1n) is 9.87. The minimum Gasteiger partial charge on any atom is -0.495 e. The summed E-state index contributed by atoms with van der Waals surface area (Å²) in [6.45, 7) is 2.57. The van der Waals surface area contributed by atoms with Crippen molar-refractivity contribution < 1.29 is 22.7 Å². The summed E-state index contributed by atoms with van der Waals surface area (Å²) in [6.07, 6.45) is 4.54. The van der Waals surface area contributed by atoms with Crippen molar-refractivity contribution in [2.75, 3.05) is 25.5 Å². The molecular formula is C19H28N4O5S. The third kappa shape index (κ3) is 5.39. The molecule has 3 amide bonds. The summed E-state index contributed by atoms with van der Waals surface area (Å²) in [6, 6.07) is 3.56. The molecule has 0 spiro atoms. The molecule has 1 heterocycles. The van der Waals surface area contributed by atoms with Gasteiger partial charge in [-0.05, 0) is 50.8 Å². The number of hydrogen-bond donors (Lipinski definition) is 3. The Hall–Kier alpha value is -2.33. The molecule has 0 aromatic heterocycles. The zero-order valence-electron chi connectivity index (χ0n) is 16.7. The summed E-state index contributed by atoms with van der Waals surface area (Å²) in [5, 5.41) is 7.92. The van der Waals surface area contributed by atoms with E-state index in [-0.39, 0.29) is 16.7 Å². The molecule has 0 radical (unpaired) electrons. The van der Waals surface area contributed by atoms with Crippen LogP contribution in [0.5, 0.6) is 5.75 Å². The lowest BCUT2D eigenvalue weighted by Gasteiger charge is -2.27. The average Bonchev–Trinajstić information content (AvgIpc) is 3.52. The van der Waals surface area contributed by atoms with Gasteiger partial charge >= 0.3 is 6.03 Å². The fourth-order valence-electron chi connectivity index (χ4n) is 3.20. The topological polar surface area (TPSA) is 117 Å². The smallest absolute Gasteiger partial charge is 0.321 e. The van der Waals surface area contributed by atoms with Gasteiger partial charge in [-0.15, -0.1) is 0 Å². The number of carbonyl (C=O) groups is 2. The van der Waals surface area contributed by atoms with Crippen LogP contribution in [0.15, 0.2) is 23.1 Å². The number of anilines is 1. The summed E-state index contributed by atoms with van der Waals surface area (Å²) < 4.78 is 32.9. The number of piperidine rings is 1. The lowest BCUT2D eigenvalue weighted by Crippen LogP contribution is -2.46. The highest BCUT2D eigenvalue weighted by atomic mass is 32.2. The Labute approximate surface area is 171 Å². The Morgan fingerprint density at radius 2 is 1.86 bits per heavy atom. The molecule has 9 nitrogen and oxygen atoms in total.